The zero-order valence-corrected chi connectivity index (χ0v) is 11.6. The van der Waals surface area contributed by atoms with Crippen molar-refractivity contribution >= 4 is 29.1 Å². The van der Waals surface area contributed by atoms with Crippen LogP contribution in [0.25, 0.3) is 0 Å². The van der Waals surface area contributed by atoms with Gasteiger partial charge in [0.05, 0.1) is 19.1 Å². The summed E-state index contributed by atoms with van der Waals surface area (Å²) in [4.78, 5) is 34.4. The number of amides is 2. The predicted octanol–water partition coefficient (Wildman–Crippen LogP) is -0.123. The summed E-state index contributed by atoms with van der Waals surface area (Å²) in [5, 5.41) is 24.2. The first-order valence-corrected chi connectivity index (χ1v) is 6.75. The van der Waals surface area contributed by atoms with E-state index in [4.69, 9.17) is 10.2 Å². The molecule has 8 heteroatoms. The SMILES string of the molecule is CC(=O)NC(CC(=O)N[C@H](CO)C(=O)O)c1cccs1. The largest absolute Gasteiger partial charge is 0.480 e. The van der Waals surface area contributed by atoms with Gasteiger partial charge >= 0.3 is 5.97 Å². The summed E-state index contributed by atoms with van der Waals surface area (Å²) >= 11 is 1.39. The van der Waals surface area contributed by atoms with Crippen LogP contribution in [0.1, 0.15) is 24.3 Å². The number of nitrogens with one attached hydrogen (secondary N) is 2. The van der Waals surface area contributed by atoms with E-state index in [0.717, 1.165) is 4.88 Å². The van der Waals surface area contributed by atoms with Crippen molar-refractivity contribution in [3.8, 4) is 0 Å². The molecule has 4 N–H and O–H groups in total. The van der Waals surface area contributed by atoms with Gasteiger partial charge in [-0.2, -0.15) is 0 Å². The van der Waals surface area contributed by atoms with Crippen LogP contribution in [0.3, 0.4) is 0 Å². The maximum atomic E-state index is 11.8. The monoisotopic (exact) mass is 300 g/mol. The highest BCUT2D eigenvalue weighted by Gasteiger charge is 2.22. The Hall–Kier alpha value is -1.93. The molecular formula is C12H16N2O5S. The first-order valence-electron chi connectivity index (χ1n) is 5.87. The lowest BCUT2D eigenvalue weighted by molar-refractivity contribution is -0.143. The summed E-state index contributed by atoms with van der Waals surface area (Å²) in [6, 6.07) is 1.71. The third-order valence-corrected chi connectivity index (χ3v) is 3.46. The molecule has 0 fully saturated rings. The van der Waals surface area contributed by atoms with Gasteiger partial charge in [-0.1, -0.05) is 6.07 Å². The number of carboxylic acid groups (broad SMARTS) is 1. The van der Waals surface area contributed by atoms with Gasteiger partial charge < -0.3 is 20.8 Å². The highest BCUT2D eigenvalue weighted by Crippen LogP contribution is 2.21. The standard InChI is InChI=1S/C12H16N2O5S/c1-7(16)13-8(10-3-2-4-20-10)5-11(17)14-9(6-15)12(18)19/h2-4,8-9,15H,5-6H2,1H3,(H,13,16)(H,14,17)(H,18,19)/t8?,9-/m1/s1. The Balaban J connectivity index is 2.67. The summed E-state index contributed by atoms with van der Waals surface area (Å²) in [7, 11) is 0. The Bertz CT molecular complexity index is 474. The number of aliphatic carboxylic acids is 1. The number of carboxylic acids is 1. The van der Waals surface area contributed by atoms with Gasteiger partial charge in [-0.25, -0.2) is 4.79 Å². The minimum absolute atomic E-state index is 0.0934. The third-order valence-electron chi connectivity index (χ3n) is 2.47. The van der Waals surface area contributed by atoms with Crippen LogP contribution in [0.5, 0.6) is 0 Å². The van der Waals surface area contributed by atoms with E-state index in [-0.39, 0.29) is 12.3 Å². The lowest BCUT2D eigenvalue weighted by Crippen LogP contribution is -2.44. The number of hydrogen-bond donors (Lipinski definition) is 4. The van der Waals surface area contributed by atoms with Gasteiger partial charge in [0.15, 0.2) is 0 Å². The molecule has 1 rings (SSSR count). The van der Waals surface area contributed by atoms with Crippen molar-refractivity contribution in [1.82, 2.24) is 10.6 Å². The van der Waals surface area contributed by atoms with Crippen LogP contribution in [0.4, 0.5) is 0 Å². The Morgan fingerprint density at radius 2 is 2.05 bits per heavy atom. The molecule has 0 aliphatic heterocycles. The molecule has 1 aromatic heterocycles. The first-order chi connectivity index (χ1) is 9.43. The van der Waals surface area contributed by atoms with Crippen LogP contribution in [0.15, 0.2) is 17.5 Å². The average Bonchev–Trinajstić information content (AvgIpc) is 2.87. The fourth-order valence-corrected chi connectivity index (χ4v) is 2.36. The number of thiophene rings is 1. The van der Waals surface area contributed by atoms with E-state index in [1.807, 2.05) is 5.38 Å². The minimum atomic E-state index is -1.34. The molecule has 110 valence electrons. The molecule has 7 nitrogen and oxygen atoms in total. The third kappa shape index (κ3) is 4.98. The van der Waals surface area contributed by atoms with E-state index in [0.29, 0.717) is 0 Å². The van der Waals surface area contributed by atoms with Crippen LogP contribution in [0.2, 0.25) is 0 Å². The van der Waals surface area contributed by atoms with Crippen LogP contribution in [0, 0.1) is 0 Å². The number of aliphatic hydroxyl groups is 1. The number of aliphatic hydroxyl groups excluding tert-OH is 1. The highest BCUT2D eigenvalue weighted by molar-refractivity contribution is 7.10. The zero-order chi connectivity index (χ0) is 15.1. The van der Waals surface area contributed by atoms with Crippen molar-refractivity contribution in [2.24, 2.45) is 0 Å². The lowest BCUT2D eigenvalue weighted by Gasteiger charge is -2.18. The molecule has 0 spiro atoms. The summed E-state index contributed by atoms with van der Waals surface area (Å²) in [5.41, 5.74) is 0. The van der Waals surface area contributed by atoms with Crippen molar-refractivity contribution in [2.45, 2.75) is 25.4 Å². The van der Waals surface area contributed by atoms with Crippen molar-refractivity contribution < 1.29 is 24.6 Å². The number of carbonyl (C=O) groups is 3. The highest BCUT2D eigenvalue weighted by atomic mass is 32.1. The first kappa shape index (κ1) is 16.1. The van der Waals surface area contributed by atoms with Crippen molar-refractivity contribution in [3.05, 3.63) is 22.4 Å². The topological polar surface area (TPSA) is 116 Å². The molecular weight excluding hydrogens is 284 g/mol. The molecule has 0 saturated carbocycles. The summed E-state index contributed by atoms with van der Waals surface area (Å²) in [6.07, 6.45) is -0.0934. The quantitative estimate of drug-likeness (QED) is 0.560. The van der Waals surface area contributed by atoms with Crippen LogP contribution < -0.4 is 10.6 Å². The molecule has 0 aliphatic rings. The minimum Gasteiger partial charge on any atom is -0.480 e. The zero-order valence-electron chi connectivity index (χ0n) is 10.8. The Morgan fingerprint density at radius 1 is 1.35 bits per heavy atom. The molecule has 1 heterocycles. The summed E-state index contributed by atoms with van der Waals surface area (Å²) < 4.78 is 0. The van der Waals surface area contributed by atoms with E-state index in [9.17, 15) is 14.4 Å². The lowest BCUT2D eigenvalue weighted by atomic mass is 10.1. The number of hydrogen-bond acceptors (Lipinski definition) is 5. The van der Waals surface area contributed by atoms with Gasteiger partial charge in [0.2, 0.25) is 11.8 Å². The van der Waals surface area contributed by atoms with E-state index < -0.39 is 30.6 Å². The molecule has 1 unspecified atom stereocenters. The fourth-order valence-electron chi connectivity index (χ4n) is 1.58. The van der Waals surface area contributed by atoms with Gasteiger partial charge in [0, 0.05) is 11.8 Å². The van der Waals surface area contributed by atoms with Crippen molar-refractivity contribution in [3.63, 3.8) is 0 Å². The summed E-state index contributed by atoms with van der Waals surface area (Å²) in [5.74, 6) is -2.15. The maximum Gasteiger partial charge on any atom is 0.328 e. The molecule has 0 bridgehead atoms. The van der Waals surface area contributed by atoms with Crippen molar-refractivity contribution in [1.29, 1.82) is 0 Å². The molecule has 0 radical (unpaired) electrons. The molecule has 0 aromatic carbocycles. The maximum absolute atomic E-state index is 11.8. The second-order valence-corrected chi connectivity index (χ2v) is 5.09. The van der Waals surface area contributed by atoms with E-state index in [1.54, 1.807) is 12.1 Å². The van der Waals surface area contributed by atoms with Crippen molar-refractivity contribution in [2.75, 3.05) is 6.61 Å². The van der Waals surface area contributed by atoms with E-state index >= 15 is 0 Å². The van der Waals surface area contributed by atoms with Gasteiger partial charge in [0.1, 0.15) is 6.04 Å². The Labute approximate surface area is 119 Å². The van der Waals surface area contributed by atoms with Gasteiger partial charge in [0.25, 0.3) is 0 Å². The van der Waals surface area contributed by atoms with Crippen LogP contribution >= 0.6 is 11.3 Å². The molecule has 20 heavy (non-hydrogen) atoms. The summed E-state index contributed by atoms with van der Waals surface area (Å²) in [6.45, 7) is 0.650. The van der Waals surface area contributed by atoms with Crippen LogP contribution in [-0.2, 0) is 14.4 Å². The molecule has 0 saturated heterocycles. The molecule has 0 aliphatic carbocycles. The van der Waals surface area contributed by atoms with Gasteiger partial charge in [-0.05, 0) is 11.4 Å². The van der Waals surface area contributed by atoms with E-state index in [2.05, 4.69) is 10.6 Å². The predicted molar refractivity (Wildman–Crippen MR) is 72.1 cm³/mol. The normalized spacial score (nSPS) is 13.3. The Kier molecular flexibility index (Phi) is 6.13. The second kappa shape index (κ2) is 7.61. The van der Waals surface area contributed by atoms with Crippen LogP contribution in [-0.4, -0.2) is 40.6 Å². The fraction of sp³-hybridized carbons (Fsp3) is 0.417. The van der Waals surface area contributed by atoms with E-state index in [1.165, 1.54) is 18.3 Å². The van der Waals surface area contributed by atoms with Gasteiger partial charge in [-0.3, -0.25) is 9.59 Å². The van der Waals surface area contributed by atoms with Gasteiger partial charge in [-0.15, -0.1) is 11.3 Å². The average molecular weight is 300 g/mol. The number of rotatable bonds is 7. The molecule has 2 amide bonds. The molecule has 1 aromatic rings. The smallest absolute Gasteiger partial charge is 0.328 e. The second-order valence-electron chi connectivity index (χ2n) is 4.11. The molecule has 2 atom stereocenters. The Morgan fingerprint density at radius 3 is 2.50 bits per heavy atom. The number of carbonyl (C=O) groups excluding carboxylic acids is 2.